The van der Waals surface area contributed by atoms with E-state index in [1.54, 1.807) is 29.3 Å². The molecular weight excluding hydrogens is 324 g/mol. The highest BCUT2D eigenvalue weighted by Gasteiger charge is 2.30. The number of nitrogens with one attached hydrogen (secondary N) is 1. The van der Waals surface area contributed by atoms with E-state index in [1.807, 2.05) is 18.3 Å². The molecule has 7 nitrogen and oxygen atoms in total. The molecule has 120 valence electrons. The third kappa shape index (κ3) is 3.08. The minimum atomic E-state index is -3.37. The molecule has 1 aliphatic heterocycles. The highest BCUT2D eigenvalue weighted by atomic mass is 32.2. The van der Waals surface area contributed by atoms with Crippen LogP contribution in [-0.4, -0.2) is 47.8 Å². The van der Waals surface area contributed by atoms with Crippen LogP contribution in [0, 0.1) is 0 Å². The second-order valence-corrected chi connectivity index (χ2v) is 8.13. The predicted molar refractivity (Wildman–Crippen MR) is 84.7 cm³/mol. The first-order valence-corrected chi connectivity index (χ1v) is 9.22. The van der Waals surface area contributed by atoms with Gasteiger partial charge in [0, 0.05) is 35.1 Å². The van der Waals surface area contributed by atoms with Gasteiger partial charge in [0.15, 0.2) is 0 Å². The first-order valence-electron chi connectivity index (χ1n) is 6.96. The maximum Gasteiger partial charge on any atom is 0.279 e. The summed E-state index contributed by atoms with van der Waals surface area (Å²) in [6.45, 7) is 1.03. The highest BCUT2D eigenvalue weighted by Crippen LogP contribution is 2.34. The molecule has 1 aliphatic rings. The van der Waals surface area contributed by atoms with Crippen LogP contribution in [0.25, 0.3) is 10.4 Å². The fourth-order valence-electron chi connectivity index (χ4n) is 2.37. The van der Waals surface area contributed by atoms with E-state index >= 15 is 0 Å². The Morgan fingerprint density at radius 1 is 1.50 bits per heavy atom. The van der Waals surface area contributed by atoms with Crippen molar-refractivity contribution < 1.29 is 13.5 Å². The molecule has 0 unspecified atom stereocenters. The Kier molecular flexibility index (Phi) is 4.33. The van der Waals surface area contributed by atoms with Crippen molar-refractivity contribution in [2.75, 3.05) is 20.2 Å². The van der Waals surface area contributed by atoms with Crippen LogP contribution in [0.5, 0.6) is 0 Å². The van der Waals surface area contributed by atoms with Crippen LogP contribution in [0.1, 0.15) is 17.3 Å². The van der Waals surface area contributed by atoms with Gasteiger partial charge >= 0.3 is 0 Å². The second-order valence-electron chi connectivity index (χ2n) is 5.20. The summed E-state index contributed by atoms with van der Waals surface area (Å²) >= 11 is 1.56. The summed E-state index contributed by atoms with van der Waals surface area (Å²) in [6, 6.07) is 3.77. The Balaban J connectivity index is 1.78. The molecule has 22 heavy (non-hydrogen) atoms. The summed E-state index contributed by atoms with van der Waals surface area (Å²) in [5.74, 6) is 0. The van der Waals surface area contributed by atoms with Gasteiger partial charge in [0.05, 0.1) is 25.4 Å². The minimum Gasteiger partial charge on any atom is -0.394 e. The molecule has 3 heterocycles. The molecule has 1 saturated heterocycles. The molecule has 0 aromatic carbocycles. The van der Waals surface area contributed by atoms with Crippen molar-refractivity contribution in [2.24, 2.45) is 0 Å². The molecule has 0 radical (unpaired) electrons. The lowest BCUT2D eigenvalue weighted by atomic mass is 10.2. The first-order chi connectivity index (χ1) is 10.5. The maximum atomic E-state index is 11.9. The Bertz CT molecular complexity index is 753. The van der Waals surface area contributed by atoms with Crippen LogP contribution in [0.15, 0.2) is 24.5 Å². The van der Waals surface area contributed by atoms with Gasteiger partial charge in [-0.3, -0.25) is 4.68 Å². The fourth-order valence-corrected chi connectivity index (χ4v) is 4.64. The van der Waals surface area contributed by atoms with Crippen LogP contribution < -0.4 is 4.72 Å². The van der Waals surface area contributed by atoms with Crippen molar-refractivity contribution in [3.63, 3.8) is 0 Å². The quantitative estimate of drug-likeness (QED) is 0.861. The van der Waals surface area contributed by atoms with E-state index in [2.05, 4.69) is 9.82 Å². The van der Waals surface area contributed by atoms with E-state index in [0.29, 0.717) is 13.1 Å². The Morgan fingerprint density at radius 2 is 2.32 bits per heavy atom. The number of aromatic nitrogens is 2. The van der Waals surface area contributed by atoms with Gasteiger partial charge in [-0.05, 0) is 18.6 Å². The van der Waals surface area contributed by atoms with Gasteiger partial charge in [-0.1, -0.05) is 0 Å². The van der Waals surface area contributed by atoms with Crippen LogP contribution in [-0.2, 0) is 16.8 Å². The molecule has 1 fully saturated rings. The molecule has 0 bridgehead atoms. The first kappa shape index (κ1) is 15.6. The maximum absolute atomic E-state index is 11.9. The van der Waals surface area contributed by atoms with Crippen LogP contribution in [0.4, 0.5) is 0 Å². The standard InChI is InChI=1S/C13H18N4O3S2/c1-16-5-4-11(15-22(16,19)20)13-3-2-12(21-13)10-8-14-17(9-10)6-7-18/h2-3,8-9,11,15,18H,4-7H2,1H3/t11-/m0/s1. The fraction of sp³-hybridized carbons (Fsp3) is 0.462. The lowest BCUT2D eigenvalue weighted by Crippen LogP contribution is -2.46. The van der Waals surface area contributed by atoms with E-state index in [4.69, 9.17) is 5.11 Å². The molecule has 0 aliphatic carbocycles. The van der Waals surface area contributed by atoms with Gasteiger partial charge in [0.25, 0.3) is 10.2 Å². The van der Waals surface area contributed by atoms with Gasteiger partial charge in [-0.25, -0.2) is 0 Å². The number of rotatable bonds is 4. The Labute approximate surface area is 133 Å². The van der Waals surface area contributed by atoms with E-state index < -0.39 is 10.2 Å². The van der Waals surface area contributed by atoms with E-state index in [-0.39, 0.29) is 12.6 Å². The molecule has 2 aromatic heterocycles. The molecule has 1 atom stereocenters. The number of thiophene rings is 1. The van der Waals surface area contributed by atoms with Crippen LogP contribution in [0.3, 0.4) is 0 Å². The number of aliphatic hydroxyl groups excluding tert-OH is 1. The largest absolute Gasteiger partial charge is 0.394 e. The van der Waals surface area contributed by atoms with E-state index in [1.165, 1.54) is 4.31 Å². The van der Waals surface area contributed by atoms with Gasteiger partial charge < -0.3 is 5.11 Å². The number of hydrogen-bond acceptors (Lipinski definition) is 5. The number of nitrogens with zero attached hydrogens (tertiary/aromatic N) is 3. The molecule has 2 aromatic rings. The van der Waals surface area contributed by atoms with Crippen molar-refractivity contribution in [1.82, 2.24) is 18.8 Å². The summed E-state index contributed by atoms with van der Waals surface area (Å²) in [5.41, 5.74) is 0.973. The smallest absolute Gasteiger partial charge is 0.279 e. The van der Waals surface area contributed by atoms with Crippen molar-refractivity contribution in [3.05, 3.63) is 29.4 Å². The zero-order valence-corrected chi connectivity index (χ0v) is 13.8. The van der Waals surface area contributed by atoms with Crippen LogP contribution in [0.2, 0.25) is 0 Å². The van der Waals surface area contributed by atoms with Crippen molar-refractivity contribution in [2.45, 2.75) is 19.0 Å². The third-order valence-electron chi connectivity index (χ3n) is 3.65. The molecule has 2 N–H and O–H groups in total. The summed E-state index contributed by atoms with van der Waals surface area (Å²) in [6.07, 6.45) is 4.38. The van der Waals surface area contributed by atoms with E-state index in [9.17, 15) is 8.42 Å². The molecule has 0 amide bonds. The summed E-state index contributed by atoms with van der Waals surface area (Å²) in [5, 5.41) is 13.1. The Morgan fingerprint density at radius 3 is 3.05 bits per heavy atom. The average molecular weight is 342 g/mol. The molecule has 9 heteroatoms. The molecular formula is C13H18N4O3S2. The summed E-state index contributed by atoms with van der Waals surface area (Å²) < 4.78 is 29.5. The molecule has 3 rings (SSSR count). The Hall–Kier alpha value is -1.26. The van der Waals surface area contributed by atoms with E-state index in [0.717, 1.165) is 21.7 Å². The van der Waals surface area contributed by atoms with Crippen molar-refractivity contribution >= 4 is 21.5 Å². The number of hydrogen-bond donors (Lipinski definition) is 2. The highest BCUT2D eigenvalue weighted by molar-refractivity contribution is 7.87. The van der Waals surface area contributed by atoms with Gasteiger partial charge in [0.1, 0.15) is 0 Å². The lowest BCUT2D eigenvalue weighted by molar-refractivity contribution is 0.269. The SMILES string of the molecule is CN1CC[C@@H](c2ccc(-c3cnn(CCO)c3)s2)NS1(=O)=O. The topological polar surface area (TPSA) is 87.5 Å². The molecule has 0 saturated carbocycles. The van der Waals surface area contributed by atoms with Crippen molar-refractivity contribution in [3.8, 4) is 10.4 Å². The van der Waals surface area contributed by atoms with Gasteiger partial charge in [0.2, 0.25) is 0 Å². The zero-order chi connectivity index (χ0) is 15.7. The van der Waals surface area contributed by atoms with Crippen molar-refractivity contribution in [1.29, 1.82) is 0 Å². The van der Waals surface area contributed by atoms with Crippen LogP contribution >= 0.6 is 11.3 Å². The number of aliphatic hydroxyl groups is 1. The summed E-state index contributed by atoms with van der Waals surface area (Å²) in [4.78, 5) is 2.04. The third-order valence-corrected chi connectivity index (χ3v) is 6.48. The zero-order valence-electron chi connectivity index (χ0n) is 12.1. The summed E-state index contributed by atoms with van der Waals surface area (Å²) in [7, 11) is -1.79. The molecule has 0 spiro atoms. The minimum absolute atomic E-state index is 0.0498. The lowest BCUT2D eigenvalue weighted by Gasteiger charge is -2.29. The van der Waals surface area contributed by atoms with Gasteiger partial charge in [-0.15, -0.1) is 11.3 Å². The van der Waals surface area contributed by atoms with Gasteiger partial charge in [-0.2, -0.15) is 22.5 Å². The second kappa shape index (κ2) is 6.09. The predicted octanol–water partition coefficient (Wildman–Crippen LogP) is 0.815. The average Bonchev–Trinajstić information content (AvgIpc) is 3.10. The normalized spacial score (nSPS) is 22.0. The monoisotopic (exact) mass is 342 g/mol.